The molecule has 92 valence electrons. The summed E-state index contributed by atoms with van der Waals surface area (Å²) in [6, 6.07) is 2.11. The van der Waals surface area contributed by atoms with Gasteiger partial charge in [-0.2, -0.15) is 0 Å². The second-order valence-electron chi connectivity index (χ2n) is 4.97. The van der Waals surface area contributed by atoms with Gasteiger partial charge >= 0.3 is 0 Å². The van der Waals surface area contributed by atoms with Crippen molar-refractivity contribution in [2.75, 3.05) is 19.0 Å². The molecule has 1 unspecified atom stereocenters. The van der Waals surface area contributed by atoms with Gasteiger partial charge in [-0.1, -0.05) is 0 Å². The largest absolute Gasteiger partial charge is 0.338 e. The molecule has 1 atom stereocenters. The Labute approximate surface area is 111 Å². The molecule has 2 nitrogen and oxygen atoms in total. The highest BCUT2D eigenvalue weighted by atomic mass is 35.5. The van der Waals surface area contributed by atoms with Crippen molar-refractivity contribution in [1.82, 2.24) is 4.90 Å². The van der Waals surface area contributed by atoms with Crippen LogP contribution in [0.25, 0.3) is 0 Å². The summed E-state index contributed by atoms with van der Waals surface area (Å²) in [5.41, 5.74) is 1.41. The maximum Gasteiger partial charge on any atom is 0.263 e. The van der Waals surface area contributed by atoms with E-state index >= 15 is 0 Å². The highest BCUT2D eigenvalue weighted by molar-refractivity contribution is 7.14. The zero-order valence-corrected chi connectivity index (χ0v) is 11.3. The van der Waals surface area contributed by atoms with Gasteiger partial charge in [0.1, 0.15) is 0 Å². The molecule has 2 aliphatic rings. The minimum atomic E-state index is 0.219. The molecule has 1 amide bonds. The lowest BCUT2D eigenvalue weighted by Crippen LogP contribution is -2.28. The van der Waals surface area contributed by atoms with Crippen LogP contribution in [0.4, 0.5) is 0 Å². The molecule has 1 fully saturated rings. The average Bonchev–Trinajstić information content (AvgIpc) is 3.02. The molecule has 1 saturated heterocycles. The molecular weight excluding hydrogens is 254 g/mol. The lowest BCUT2D eigenvalue weighted by molar-refractivity contribution is 0.0793. The summed E-state index contributed by atoms with van der Waals surface area (Å²) in [5.74, 6) is 1.38. The first-order valence-corrected chi connectivity index (χ1v) is 7.60. The molecule has 0 spiro atoms. The molecule has 0 aromatic carbocycles. The Kier molecular flexibility index (Phi) is 3.14. The standard InChI is InChI=1S/C13H16ClNOS/c14-7-9-4-5-15(8-9)13(16)12-6-10-2-1-3-11(10)17-12/h6,9H,1-5,7-8H2. The normalized spacial score (nSPS) is 23.1. The van der Waals surface area contributed by atoms with Crippen LogP contribution in [0.2, 0.25) is 0 Å². The summed E-state index contributed by atoms with van der Waals surface area (Å²) in [7, 11) is 0. The fourth-order valence-corrected chi connectivity index (χ4v) is 4.21. The Bertz CT molecular complexity index is 421. The number of amides is 1. The van der Waals surface area contributed by atoms with E-state index in [0.29, 0.717) is 11.8 Å². The summed E-state index contributed by atoms with van der Waals surface area (Å²) in [4.78, 5) is 16.6. The average molecular weight is 270 g/mol. The van der Waals surface area contributed by atoms with Crippen molar-refractivity contribution < 1.29 is 4.79 Å². The van der Waals surface area contributed by atoms with Gasteiger partial charge in [0.15, 0.2) is 0 Å². The number of thiophene rings is 1. The Morgan fingerprint density at radius 3 is 3.12 bits per heavy atom. The van der Waals surface area contributed by atoms with Crippen LogP contribution < -0.4 is 0 Å². The van der Waals surface area contributed by atoms with Crippen molar-refractivity contribution in [1.29, 1.82) is 0 Å². The molecule has 1 aliphatic heterocycles. The van der Waals surface area contributed by atoms with Gasteiger partial charge in [0.2, 0.25) is 0 Å². The molecule has 0 N–H and O–H groups in total. The van der Waals surface area contributed by atoms with Crippen molar-refractivity contribution in [3.8, 4) is 0 Å². The third kappa shape index (κ3) is 2.11. The van der Waals surface area contributed by atoms with E-state index in [4.69, 9.17) is 11.6 Å². The number of carbonyl (C=O) groups excluding carboxylic acids is 1. The molecule has 4 heteroatoms. The molecule has 2 heterocycles. The summed E-state index contributed by atoms with van der Waals surface area (Å²) in [5, 5.41) is 0. The van der Waals surface area contributed by atoms with Gasteiger partial charge in [0, 0.05) is 23.8 Å². The van der Waals surface area contributed by atoms with Crippen LogP contribution >= 0.6 is 22.9 Å². The number of hydrogen-bond acceptors (Lipinski definition) is 2. The number of halogens is 1. The van der Waals surface area contributed by atoms with Crippen molar-refractivity contribution in [3.05, 3.63) is 21.4 Å². The number of nitrogens with zero attached hydrogens (tertiary/aromatic N) is 1. The summed E-state index contributed by atoms with van der Waals surface area (Å²) < 4.78 is 0. The molecule has 1 aromatic heterocycles. The summed E-state index contributed by atoms with van der Waals surface area (Å²) in [6.45, 7) is 1.71. The number of carbonyl (C=O) groups is 1. The molecule has 17 heavy (non-hydrogen) atoms. The molecule has 3 rings (SSSR count). The van der Waals surface area contributed by atoms with E-state index in [1.165, 1.54) is 16.9 Å². The van der Waals surface area contributed by atoms with Crippen LogP contribution in [0.3, 0.4) is 0 Å². The molecule has 0 bridgehead atoms. The molecular formula is C13H16ClNOS. The number of likely N-dealkylation sites (tertiary alicyclic amines) is 1. The van der Waals surface area contributed by atoms with Crippen LogP contribution in [0, 0.1) is 5.92 Å². The second kappa shape index (κ2) is 4.62. The van der Waals surface area contributed by atoms with Gasteiger partial charge in [-0.15, -0.1) is 22.9 Å². The van der Waals surface area contributed by atoms with Gasteiger partial charge in [-0.05, 0) is 43.2 Å². The smallest absolute Gasteiger partial charge is 0.263 e. The van der Waals surface area contributed by atoms with E-state index in [1.54, 1.807) is 11.3 Å². The number of aryl methyl sites for hydroxylation is 2. The zero-order chi connectivity index (χ0) is 11.8. The highest BCUT2D eigenvalue weighted by Gasteiger charge is 2.28. The van der Waals surface area contributed by atoms with Crippen LogP contribution in [-0.2, 0) is 12.8 Å². The molecule has 0 radical (unpaired) electrons. The first-order chi connectivity index (χ1) is 8.28. The molecule has 1 aromatic rings. The maximum atomic E-state index is 12.3. The lowest BCUT2D eigenvalue weighted by atomic mass is 10.2. The Hall–Kier alpha value is -0.540. The second-order valence-corrected chi connectivity index (χ2v) is 6.42. The number of hydrogen-bond donors (Lipinski definition) is 0. The maximum absolute atomic E-state index is 12.3. The predicted molar refractivity (Wildman–Crippen MR) is 71.1 cm³/mol. The molecule has 0 saturated carbocycles. The van der Waals surface area contributed by atoms with E-state index in [9.17, 15) is 4.79 Å². The fraction of sp³-hybridized carbons (Fsp3) is 0.615. The Balaban J connectivity index is 1.73. The van der Waals surface area contributed by atoms with Crippen molar-refractivity contribution >= 4 is 28.8 Å². The van der Waals surface area contributed by atoms with Crippen LogP contribution in [0.1, 0.15) is 33.0 Å². The van der Waals surface area contributed by atoms with Crippen molar-refractivity contribution in [2.45, 2.75) is 25.7 Å². The zero-order valence-electron chi connectivity index (χ0n) is 9.75. The van der Waals surface area contributed by atoms with Crippen LogP contribution in [0.5, 0.6) is 0 Å². The predicted octanol–water partition coefficient (Wildman–Crippen LogP) is 2.94. The van der Waals surface area contributed by atoms with Gasteiger partial charge in [-0.25, -0.2) is 0 Å². The minimum absolute atomic E-state index is 0.219. The van der Waals surface area contributed by atoms with E-state index in [1.807, 2.05) is 4.90 Å². The highest BCUT2D eigenvalue weighted by Crippen LogP contribution is 2.32. The molecule has 1 aliphatic carbocycles. The van der Waals surface area contributed by atoms with Crippen LogP contribution in [-0.4, -0.2) is 29.8 Å². The van der Waals surface area contributed by atoms with Gasteiger partial charge < -0.3 is 4.90 Å². The lowest BCUT2D eigenvalue weighted by Gasteiger charge is -2.14. The van der Waals surface area contributed by atoms with Gasteiger partial charge in [0.05, 0.1) is 4.88 Å². The van der Waals surface area contributed by atoms with E-state index in [-0.39, 0.29) is 5.91 Å². The number of alkyl halides is 1. The third-order valence-electron chi connectivity index (χ3n) is 3.75. The van der Waals surface area contributed by atoms with Crippen molar-refractivity contribution in [3.63, 3.8) is 0 Å². The quantitative estimate of drug-likeness (QED) is 0.756. The monoisotopic (exact) mass is 269 g/mol. The minimum Gasteiger partial charge on any atom is -0.338 e. The number of fused-ring (bicyclic) bond motifs is 1. The summed E-state index contributed by atoms with van der Waals surface area (Å²) >= 11 is 7.55. The topological polar surface area (TPSA) is 20.3 Å². The third-order valence-corrected chi connectivity index (χ3v) is 5.41. The van der Waals surface area contributed by atoms with E-state index in [0.717, 1.165) is 37.2 Å². The fourth-order valence-electron chi connectivity index (χ4n) is 2.73. The SMILES string of the molecule is O=C(c1cc2c(s1)CCC2)N1CCC(CCl)C1. The van der Waals surface area contributed by atoms with E-state index < -0.39 is 0 Å². The first-order valence-electron chi connectivity index (χ1n) is 6.24. The number of rotatable bonds is 2. The first kappa shape index (κ1) is 11.5. The van der Waals surface area contributed by atoms with Gasteiger partial charge in [0.25, 0.3) is 5.91 Å². The Morgan fingerprint density at radius 1 is 1.53 bits per heavy atom. The Morgan fingerprint density at radius 2 is 2.41 bits per heavy atom. The van der Waals surface area contributed by atoms with Crippen LogP contribution in [0.15, 0.2) is 6.07 Å². The summed E-state index contributed by atoms with van der Waals surface area (Å²) in [6.07, 6.45) is 4.63. The van der Waals surface area contributed by atoms with Gasteiger partial charge in [-0.3, -0.25) is 4.79 Å². The van der Waals surface area contributed by atoms with Crippen molar-refractivity contribution in [2.24, 2.45) is 5.92 Å². The van der Waals surface area contributed by atoms with E-state index in [2.05, 4.69) is 6.07 Å².